The topological polar surface area (TPSA) is 32.3 Å². The monoisotopic (exact) mass is 287 g/mol. The number of benzene rings is 2. The fourth-order valence-electron chi connectivity index (χ4n) is 2.73. The van der Waals surface area contributed by atoms with Gasteiger partial charge in [-0.05, 0) is 36.1 Å². The number of hydrogen-bond donors (Lipinski definition) is 2. The molecule has 1 unspecified atom stereocenters. The van der Waals surface area contributed by atoms with Gasteiger partial charge in [0.1, 0.15) is 5.82 Å². The maximum atomic E-state index is 13.4. The molecule has 0 aliphatic carbocycles. The maximum Gasteiger partial charge on any atom is 0.125 e. The van der Waals surface area contributed by atoms with Gasteiger partial charge >= 0.3 is 0 Å². The molecule has 0 saturated carbocycles. The molecule has 2 aromatic carbocycles. The zero-order valence-corrected chi connectivity index (χ0v) is 12.5. The molecule has 2 rings (SSSR count). The van der Waals surface area contributed by atoms with Crippen LogP contribution >= 0.6 is 0 Å². The van der Waals surface area contributed by atoms with Crippen LogP contribution in [-0.2, 0) is 5.54 Å². The minimum absolute atomic E-state index is 0.0499. The van der Waals surface area contributed by atoms with Crippen LogP contribution in [0, 0.1) is 11.7 Å². The first kappa shape index (κ1) is 15.5. The number of rotatable bonds is 6. The minimum atomic E-state index is -0.608. The third-order valence-electron chi connectivity index (χ3n) is 3.56. The smallest absolute Gasteiger partial charge is 0.125 e. The molecule has 0 heterocycles. The molecule has 2 nitrogen and oxygen atoms in total. The van der Waals surface area contributed by atoms with E-state index in [0.29, 0.717) is 11.6 Å². The fourth-order valence-corrected chi connectivity index (χ4v) is 2.73. The Morgan fingerprint density at radius 3 is 2.38 bits per heavy atom. The summed E-state index contributed by atoms with van der Waals surface area (Å²) in [7, 11) is 0. The van der Waals surface area contributed by atoms with Gasteiger partial charge in [0.25, 0.3) is 0 Å². The number of hydrogen-bond acceptors (Lipinski definition) is 2. The van der Waals surface area contributed by atoms with Crippen molar-refractivity contribution < 1.29 is 9.50 Å². The average molecular weight is 287 g/mol. The Balaban J connectivity index is 2.40. The van der Waals surface area contributed by atoms with E-state index in [1.807, 2.05) is 36.4 Å². The second-order valence-electron chi connectivity index (χ2n) is 5.84. The molecule has 3 heteroatoms. The SMILES string of the molecule is CC(C)CC(CO)(Nc1cccc(F)c1)c1ccccc1. The molecule has 1 atom stereocenters. The van der Waals surface area contributed by atoms with Crippen molar-refractivity contribution in [2.75, 3.05) is 11.9 Å². The second-order valence-corrected chi connectivity index (χ2v) is 5.84. The molecule has 21 heavy (non-hydrogen) atoms. The Morgan fingerprint density at radius 1 is 1.10 bits per heavy atom. The zero-order chi connectivity index (χ0) is 15.3. The van der Waals surface area contributed by atoms with Crippen molar-refractivity contribution >= 4 is 5.69 Å². The quantitative estimate of drug-likeness (QED) is 0.835. The first-order chi connectivity index (χ1) is 10.1. The van der Waals surface area contributed by atoms with Crippen LogP contribution < -0.4 is 5.32 Å². The summed E-state index contributed by atoms with van der Waals surface area (Å²) in [6, 6.07) is 16.2. The van der Waals surface area contributed by atoms with Crippen LogP contribution in [0.2, 0.25) is 0 Å². The number of halogens is 1. The molecule has 2 aromatic rings. The van der Waals surface area contributed by atoms with Gasteiger partial charge in [-0.3, -0.25) is 0 Å². The highest BCUT2D eigenvalue weighted by Gasteiger charge is 2.32. The molecule has 2 N–H and O–H groups in total. The minimum Gasteiger partial charge on any atom is -0.394 e. The van der Waals surface area contributed by atoms with Crippen molar-refractivity contribution in [1.82, 2.24) is 0 Å². The van der Waals surface area contributed by atoms with Crippen LogP contribution in [0.25, 0.3) is 0 Å². The Labute approximate surface area is 125 Å². The molecule has 0 aliphatic heterocycles. The van der Waals surface area contributed by atoms with Gasteiger partial charge < -0.3 is 10.4 Å². The van der Waals surface area contributed by atoms with E-state index in [1.54, 1.807) is 6.07 Å². The summed E-state index contributed by atoms with van der Waals surface area (Å²) >= 11 is 0. The first-order valence-corrected chi connectivity index (χ1v) is 7.26. The standard InChI is InChI=1S/C18H22FNO/c1-14(2)12-18(13-21,15-7-4-3-5-8-15)20-17-10-6-9-16(19)11-17/h3-11,14,20-21H,12-13H2,1-2H3. The summed E-state index contributed by atoms with van der Waals surface area (Å²) in [6.07, 6.45) is 0.754. The van der Waals surface area contributed by atoms with Gasteiger partial charge in [0.15, 0.2) is 0 Å². The molecule has 0 saturated heterocycles. The molecular weight excluding hydrogens is 265 g/mol. The van der Waals surface area contributed by atoms with Crippen LogP contribution in [0.15, 0.2) is 54.6 Å². The van der Waals surface area contributed by atoms with E-state index < -0.39 is 5.54 Å². The zero-order valence-electron chi connectivity index (χ0n) is 12.5. The third kappa shape index (κ3) is 3.82. The van der Waals surface area contributed by atoms with Crippen LogP contribution in [-0.4, -0.2) is 11.7 Å². The molecule has 0 spiro atoms. The lowest BCUT2D eigenvalue weighted by atomic mass is 9.82. The van der Waals surface area contributed by atoms with Gasteiger partial charge in [0.05, 0.1) is 12.1 Å². The van der Waals surface area contributed by atoms with E-state index in [2.05, 4.69) is 19.2 Å². The molecular formula is C18H22FNO. The van der Waals surface area contributed by atoms with Gasteiger partial charge in [-0.1, -0.05) is 50.2 Å². The summed E-state index contributed by atoms with van der Waals surface area (Å²) in [5, 5.41) is 13.4. The van der Waals surface area contributed by atoms with Gasteiger partial charge in [0, 0.05) is 5.69 Å². The van der Waals surface area contributed by atoms with E-state index in [0.717, 1.165) is 12.0 Å². The Morgan fingerprint density at radius 2 is 1.81 bits per heavy atom. The largest absolute Gasteiger partial charge is 0.394 e. The van der Waals surface area contributed by atoms with Crippen molar-refractivity contribution in [3.63, 3.8) is 0 Å². The Hall–Kier alpha value is -1.87. The fraction of sp³-hybridized carbons (Fsp3) is 0.333. The summed E-state index contributed by atoms with van der Waals surface area (Å²) in [5.41, 5.74) is 1.07. The summed E-state index contributed by atoms with van der Waals surface area (Å²) in [6.45, 7) is 4.17. The summed E-state index contributed by atoms with van der Waals surface area (Å²) < 4.78 is 13.4. The number of anilines is 1. The average Bonchev–Trinajstić information content (AvgIpc) is 2.47. The molecule has 0 fully saturated rings. The van der Waals surface area contributed by atoms with Gasteiger partial charge in [-0.2, -0.15) is 0 Å². The lowest BCUT2D eigenvalue weighted by Gasteiger charge is -2.36. The molecule has 0 bridgehead atoms. The lowest BCUT2D eigenvalue weighted by molar-refractivity contribution is 0.190. The Kier molecular flexibility index (Phi) is 4.97. The van der Waals surface area contributed by atoms with Gasteiger partial charge in [0.2, 0.25) is 0 Å². The molecule has 0 amide bonds. The van der Waals surface area contributed by atoms with Crippen LogP contribution in [0.5, 0.6) is 0 Å². The van der Waals surface area contributed by atoms with Gasteiger partial charge in [-0.25, -0.2) is 4.39 Å². The number of aliphatic hydroxyl groups excluding tert-OH is 1. The summed E-state index contributed by atoms with van der Waals surface area (Å²) in [4.78, 5) is 0. The predicted octanol–water partition coefficient (Wildman–Crippen LogP) is 4.17. The van der Waals surface area contributed by atoms with E-state index in [-0.39, 0.29) is 12.4 Å². The highest BCUT2D eigenvalue weighted by molar-refractivity contribution is 5.48. The number of nitrogens with one attached hydrogen (secondary N) is 1. The van der Waals surface area contributed by atoms with Crippen molar-refractivity contribution in [3.8, 4) is 0 Å². The van der Waals surface area contributed by atoms with E-state index in [9.17, 15) is 9.50 Å². The van der Waals surface area contributed by atoms with Crippen molar-refractivity contribution in [2.24, 2.45) is 5.92 Å². The van der Waals surface area contributed by atoms with Crippen LogP contribution in [0.1, 0.15) is 25.8 Å². The second kappa shape index (κ2) is 6.72. The number of aliphatic hydroxyl groups is 1. The maximum absolute atomic E-state index is 13.4. The van der Waals surface area contributed by atoms with Crippen molar-refractivity contribution in [3.05, 3.63) is 66.0 Å². The highest BCUT2D eigenvalue weighted by atomic mass is 19.1. The predicted molar refractivity (Wildman–Crippen MR) is 84.7 cm³/mol. The highest BCUT2D eigenvalue weighted by Crippen LogP contribution is 2.32. The molecule has 0 aliphatic rings. The van der Waals surface area contributed by atoms with Crippen LogP contribution in [0.4, 0.5) is 10.1 Å². The van der Waals surface area contributed by atoms with E-state index in [4.69, 9.17) is 0 Å². The lowest BCUT2D eigenvalue weighted by Crippen LogP contribution is -2.40. The molecule has 0 aromatic heterocycles. The third-order valence-corrected chi connectivity index (χ3v) is 3.56. The molecule has 112 valence electrons. The Bertz CT molecular complexity index is 570. The normalized spacial score (nSPS) is 14.0. The molecule has 0 radical (unpaired) electrons. The van der Waals surface area contributed by atoms with E-state index >= 15 is 0 Å². The first-order valence-electron chi connectivity index (χ1n) is 7.26. The van der Waals surface area contributed by atoms with Gasteiger partial charge in [-0.15, -0.1) is 0 Å². The van der Waals surface area contributed by atoms with Crippen molar-refractivity contribution in [1.29, 1.82) is 0 Å². The van der Waals surface area contributed by atoms with E-state index in [1.165, 1.54) is 12.1 Å². The van der Waals surface area contributed by atoms with Crippen LogP contribution in [0.3, 0.4) is 0 Å². The summed E-state index contributed by atoms with van der Waals surface area (Å²) in [5.74, 6) is 0.0999. The van der Waals surface area contributed by atoms with Crippen molar-refractivity contribution in [2.45, 2.75) is 25.8 Å².